The fourth-order valence-corrected chi connectivity index (χ4v) is 2.97. The first-order valence-electron chi connectivity index (χ1n) is 7.47. The summed E-state index contributed by atoms with van der Waals surface area (Å²) in [5.41, 5.74) is 1.60. The molecule has 1 N–H and O–H groups in total. The largest absolute Gasteiger partial charge is 0.311 e. The van der Waals surface area contributed by atoms with Crippen LogP contribution < -0.4 is 5.32 Å². The monoisotopic (exact) mass is 233 g/mol. The van der Waals surface area contributed by atoms with Crippen molar-refractivity contribution in [2.45, 2.75) is 70.9 Å². The Labute approximate surface area is 106 Å². The average Bonchev–Trinajstić information content (AvgIpc) is 3.10. The van der Waals surface area contributed by atoms with Crippen LogP contribution in [-0.4, -0.2) is 12.1 Å². The van der Waals surface area contributed by atoms with Gasteiger partial charge >= 0.3 is 0 Å². The summed E-state index contributed by atoms with van der Waals surface area (Å²) >= 11 is 0. The van der Waals surface area contributed by atoms with E-state index < -0.39 is 0 Å². The highest BCUT2D eigenvalue weighted by Gasteiger charge is 2.39. The van der Waals surface area contributed by atoms with Gasteiger partial charge in [-0.3, -0.25) is 0 Å². The Morgan fingerprint density at radius 3 is 2.59 bits per heavy atom. The first-order valence-corrected chi connectivity index (χ1v) is 7.47. The van der Waals surface area contributed by atoms with Crippen LogP contribution in [0.25, 0.3) is 0 Å². The molecular weight excluding hydrogens is 206 g/mol. The van der Waals surface area contributed by atoms with Crippen molar-refractivity contribution < 1.29 is 0 Å². The molecule has 0 aromatic rings. The zero-order chi connectivity index (χ0) is 12.1. The molecule has 1 unspecified atom stereocenters. The van der Waals surface area contributed by atoms with Gasteiger partial charge < -0.3 is 5.32 Å². The van der Waals surface area contributed by atoms with Crippen LogP contribution in [0.1, 0.15) is 58.8 Å². The lowest BCUT2D eigenvalue weighted by molar-refractivity contribution is 0.435. The molecule has 1 heteroatoms. The van der Waals surface area contributed by atoms with Crippen molar-refractivity contribution in [3.05, 3.63) is 23.8 Å². The summed E-state index contributed by atoms with van der Waals surface area (Å²) in [6, 6.07) is 1.53. The van der Waals surface area contributed by atoms with Crippen molar-refractivity contribution in [2.24, 2.45) is 5.92 Å². The van der Waals surface area contributed by atoms with Crippen molar-refractivity contribution in [1.29, 1.82) is 0 Å². The lowest BCUT2D eigenvalue weighted by atomic mass is 10.0. The zero-order valence-electron chi connectivity index (χ0n) is 11.4. The van der Waals surface area contributed by atoms with Crippen LogP contribution in [0.3, 0.4) is 0 Å². The van der Waals surface area contributed by atoms with Crippen molar-refractivity contribution in [1.82, 2.24) is 5.32 Å². The quantitative estimate of drug-likeness (QED) is 0.694. The number of hydrogen-bond acceptors (Lipinski definition) is 1. The predicted molar refractivity (Wildman–Crippen MR) is 75.1 cm³/mol. The van der Waals surface area contributed by atoms with Gasteiger partial charge in [-0.15, -0.1) is 0 Å². The summed E-state index contributed by atoms with van der Waals surface area (Å²) in [7, 11) is 0. The first kappa shape index (κ1) is 12.9. The normalized spacial score (nSPS) is 27.4. The molecule has 1 saturated carbocycles. The molecule has 2 aliphatic carbocycles. The molecular formula is C16H27N. The third-order valence-electron chi connectivity index (χ3n) is 3.97. The van der Waals surface area contributed by atoms with Crippen molar-refractivity contribution >= 4 is 0 Å². The van der Waals surface area contributed by atoms with Gasteiger partial charge in [0.25, 0.3) is 0 Å². The van der Waals surface area contributed by atoms with Gasteiger partial charge in [0.05, 0.1) is 0 Å². The number of nitrogens with one attached hydrogen (secondary N) is 1. The van der Waals surface area contributed by atoms with Crippen LogP contribution in [0.4, 0.5) is 0 Å². The third-order valence-corrected chi connectivity index (χ3v) is 3.97. The van der Waals surface area contributed by atoms with E-state index in [2.05, 4.69) is 37.4 Å². The van der Waals surface area contributed by atoms with Crippen molar-refractivity contribution in [3.8, 4) is 0 Å². The summed E-state index contributed by atoms with van der Waals surface area (Å²) in [6.07, 6.45) is 16.3. The molecule has 0 aromatic carbocycles. The molecule has 0 amide bonds. The summed E-state index contributed by atoms with van der Waals surface area (Å²) in [5, 5.41) is 3.87. The van der Waals surface area contributed by atoms with Gasteiger partial charge in [0.15, 0.2) is 0 Å². The smallest absolute Gasteiger partial charge is 0.0145 e. The Morgan fingerprint density at radius 1 is 1.24 bits per heavy atom. The highest BCUT2D eigenvalue weighted by atomic mass is 15.0. The van der Waals surface area contributed by atoms with E-state index in [0.29, 0.717) is 0 Å². The zero-order valence-corrected chi connectivity index (χ0v) is 11.4. The van der Waals surface area contributed by atoms with Crippen molar-refractivity contribution in [3.63, 3.8) is 0 Å². The number of rotatable bonds is 7. The van der Waals surface area contributed by atoms with Gasteiger partial charge in [-0.25, -0.2) is 0 Å². The highest BCUT2D eigenvalue weighted by molar-refractivity contribution is 5.31. The molecule has 2 atom stereocenters. The summed E-state index contributed by atoms with van der Waals surface area (Å²) in [6.45, 7) is 4.59. The molecule has 1 fully saturated rings. The summed E-state index contributed by atoms with van der Waals surface area (Å²) in [5.74, 6) is 0.822. The third kappa shape index (κ3) is 3.70. The lowest BCUT2D eigenvalue weighted by Crippen LogP contribution is -2.31. The summed E-state index contributed by atoms with van der Waals surface area (Å²) in [4.78, 5) is 0. The van der Waals surface area contributed by atoms with Crippen molar-refractivity contribution in [2.75, 3.05) is 0 Å². The molecule has 2 rings (SSSR count). The molecule has 0 aliphatic heterocycles. The minimum absolute atomic E-state index is 0.758. The van der Waals surface area contributed by atoms with E-state index in [4.69, 9.17) is 0 Å². The van der Waals surface area contributed by atoms with Crippen LogP contribution in [-0.2, 0) is 0 Å². The molecule has 0 spiro atoms. The van der Waals surface area contributed by atoms with E-state index >= 15 is 0 Å². The molecule has 0 saturated heterocycles. The molecule has 0 radical (unpaired) electrons. The van der Waals surface area contributed by atoms with E-state index in [-0.39, 0.29) is 0 Å². The van der Waals surface area contributed by atoms with Gasteiger partial charge in [0, 0.05) is 18.0 Å². The molecule has 96 valence electrons. The van der Waals surface area contributed by atoms with E-state index in [1.807, 2.05) is 0 Å². The molecule has 0 heterocycles. The Balaban J connectivity index is 1.77. The SMILES string of the molecule is CCCC(CCC)N[C@@H]1CC1C1=CCCC=C1. The summed E-state index contributed by atoms with van der Waals surface area (Å²) < 4.78 is 0. The Morgan fingerprint density at radius 2 is 2.00 bits per heavy atom. The van der Waals surface area contributed by atoms with Crippen LogP contribution in [0.15, 0.2) is 23.8 Å². The fraction of sp³-hybridized carbons (Fsp3) is 0.750. The minimum Gasteiger partial charge on any atom is -0.311 e. The lowest BCUT2D eigenvalue weighted by Gasteiger charge is -2.17. The van der Waals surface area contributed by atoms with Crippen LogP contribution in [0.2, 0.25) is 0 Å². The second-order valence-corrected chi connectivity index (χ2v) is 5.57. The van der Waals surface area contributed by atoms with Gasteiger partial charge in [-0.05, 0) is 37.7 Å². The van der Waals surface area contributed by atoms with E-state index in [1.54, 1.807) is 5.57 Å². The predicted octanol–water partition coefficient (Wildman–Crippen LogP) is 4.21. The Kier molecular flexibility index (Phi) is 4.85. The Bertz CT molecular complexity index is 284. The highest BCUT2D eigenvalue weighted by Crippen LogP contribution is 2.39. The maximum atomic E-state index is 3.87. The maximum Gasteiger partial charge on any atom is 0.0145 e. The number of allylic oxidation sites excluding steroid dienone is 3. The van der Waals surface area contributed by atoms with Gasteiger partial charge in [-0.1, -0.05) is 44.9 Å². The van der Waals surface area contributed by atoms with E-state index in [0.717, 1.165) is 18.0 Å². The maximum absolute atomic E-state index is 3.87. The minimum atomic E-state index is 0.758. The topological polar surface area (TPSA) is 12.0 Å². The average molecular weight is 233 g/mol. The van der Waals surface area contributed by atoms with Crippen LogP contribution in [0, 0.1) is 5.92 Å². The molecule has 0 aromatic heterocycles. The van der Waals surface area contributed by atoms with E-state index in [1.165, 1.54) is 44.9 Å². The van der Waals surface area contributed by atoms with Crippen LogP contribution >= 0.6 is 0 Å². The molecule has 1 nitrogen and oxygen atoms in total. The standard InChI is InChI=1S/C16H27N/c1-3-8-14(9-4-2)17-16-12-15(16)13-10-6-5-7-11-13/h6,10-11,14-17H,3-5,7-9,12H2,1-2H3/t15?,16-/m1/s1. The Hall–Kier alpha value is -0.560. The van der Waals surface area contributed by atoms with Gasteiger partial charge in [0.1, 0.15) is 0 Å². The van der Waals surface area contributed by atoms with Crippen LogP contribution in [0.5, 0.6) is 0 Å². The van der Waals surface area contributed by atoms with Gasteiger partial charge in [0.2, 0.25) is 0 Å². The second kappa shape index (κ2) is 6.39. The molecule has 2 aliphatic rings. The van der Waals surface area contributed by atoms with Gasteiger partial charge in [-0.2, -0.15) is 0 Å². The fourth-order valence-electron chi connectivity index (χ4n) is 2.97. The molecule has 17 heavy (non-hydrogen) atoms. The second-order valence-electron chi connectivity index (χ2n) is 5.57. The van der Waals surface area contributed by atoms with E-state index in [9.17, 15) is 0 Å². The first-order chi connectivity index (χ1) is 8.35. The molecule has 0 bridgehead atoms. The number of hydrogen-bond donors (Lipinski definition) is 1.